The van der Waals surface area contributed by atoms with Gasteiger partial charge in [-0.15, -0.1) is 0 Å². The van der Waals surface area contributed by atoms with Gasteiger partial charge in [-0.05, 0) is 31.2 Å². The molecule has 0 spiro atoms. The van der Waals surface area contributed by atoms with Gasteiger partial charge in [-0.1, -0.05) is 41.4 Å². The zero-order valence-electron chi connectivity index (χ0n) is 19.3. The molecule has 4 rings (SSSR count). The number of nitrogen functional groups attached to an aromatic ring is 1. The Morgan fingerprint density at radius 1 is 1.17 bits per heavy atom. The molecule has 184 valence electrons. The van der Waals surface area contributed by atoms with Crippen molar-refractivity contribution < 1.29 is 14.3 Å². The Labute approximate surface area is 214 Å². The number of benzene rings is 2. The average molecular weight is 516 g/mol. The lowest BCUT2D eigenvalue weighted by molar-refractivity contribution is 0.0383. The van der Waals surface area contributed by atoms with Crippen LogP contribution in [0.1, 0.15) is 28.9 Å². The predicted octanol–water partition coefficient (Wildman–Crippen LogP) is 4.23. The van der Waals surface area contributed by atoms with Gasteiger partial charge in [0.2, 0.25) is 0 Å². The van der Waals surface area contributed by atoms with Crippen LogP contribution in [-0.4, -0.2) is 60.2 Å². The zero-order chi connectivity index (χ0) is 24.8. The second-order valence-corrected chi connectivity index (χ2v) is 8.94. The van der Waals surface area contributed by atoms with Crippen molar-refractivity contribution >= 4 is 34.9 Å². The summed E-state index contributed by atoms with van der Waals surface area (Å²) in [5.41, 5.74) is 8.55. The minimum absolute atomic E-state index is 0.123. The summed E-state index contributed by atoms with van der Waals surface area (Å²) in [5, 5.41) is 3.95. The predicted molar refractivity (Wildman–Crippen MR) is 137 cm³/mol. The largest absolute Gasteiger partial charge is 0.467 e. The summed E-state index contributed by atoms with van der Waals surface area (Å²) in [6.45, 7) is 6.46. The number of nitrogens with two attached hydrogens (primary N) is 1. The zero-order valence-corrected chi connectivity index (χ0v) is 20.9. The number of rotatable bonds is 8. The van der Waals surface area contributed by atoms with E-state index in [1.807, 2.05) is 19.1 Å². The van der Waals surface area contributed by atoms with E-state index in [1.165, 1.54) is 0 Å². The molecule has 8 nitrogen and oxygen atoms in total. The highest BCUT2D eigenvalue weighted by atomic mass is 35.5. The van der Waals surface area contributed by atoms with Crippen LogP contribution in [0, 0.1) is 0 Å². The Kier molecular flexibility index (Phi) is 8.41. The molecule has 10 heteroatoms. The summed E-state index contributed by atoms with van der Waals surface area (Å²) in [6.07, 6.45) is 1.07. The third kappa shape index (κ3) is 6.41. The van der Waals surface area contributed by atoms with E-state index in [4.69, 9.17) is 38.4 Å². The standard InChI is InChI=1S/C25H27Cl2N5O3/c1-16(22-19(26)3-2-4-20(22)27)35-25-23(28)30-15-21(31-25)17-5-7-18(8-6-17)24(33)29-9-10-32-11-13-34-14-12-32/h2-8,15-16H,9-14H2,1H3,(H2,28,30)(H,29,33). The summed E-state index contributed by atoms with van der Waals surface area (Å²) in [7, 11) is 0. The molecule has 1 aromatic heterocycles. The molecule has 0 bridgehead atoms. The van der Waals surface area contributed by atoms with Gasteiger partial charge in [-0.3, -0.25) is 9.69 Å². The summed E-state index contributed by atoms with van der Waals surface area (Å²) in [5.74, 6) is 0.207. The number of hydrogen-bond donors (Lipinski definition) is 2. The van der Waals surface area contributed by atoms with Crippen molar-refractivity contribution in [1.82, 2.24) is 20.2 Å². The fourth-order valence-corrected chi connectivity index (χ4v) is 4.48. The molecule has 3 aromatic rings. The third-order valence-electron chi connectivity index (χ3n) is 5.72. The molecule has 1 atom stereocenters. The van der Waals surface area contributed by atoms with Crippen LogP contribution in [0.4, 0.5) is 5.82 Å². The first-order valence-corrected chi connectivity index (χ1v) is 12.1. The lowest BCUT2D eigenvalue weighted by atomic mass is 10.1. The number of carbonyl (C=O) groups is 1. The maximum absolute atomic E-state index is 12.5. The molecule has 3 N–H and O–H groups in total. The number of nitrogens with one attached hydrogen (secondary N) is 1. The minimum Gasteiger partial charge on any atom is -0.467 e. The van der Waals surface area contributed by atoms with Crippen LogP contribution >= 0.6 is 23.2 Å². The van der Waals surface area contributed by atoms with Gasteiger partial charge < -0.3 is 20.5 Å². The van der Waals surface area contributed by atoms with Gasteiger partial charge in [0.1, 0.15) is 6.10 Å². The maximum Gasteiger partial charge on any atom is 0.258 e. The molecular weight excluding hydrogens is 489 g/mol. The van der Waals surface area contributed by atoms with E-state index < -0.39 is 6.10 Å². The van der Waals surface area contributed by atoms with Gasteiger partial charge >= 0.3 is 0 Å². The molecule has 1 saturated heterocycles. The second-order valence-electron chi connectivity index (χ2n) is 8.13. The number of morpholine rings is 1. The quantitative estimate of drug-likeness (QED) is 0.462. The Morgan fingerprint density at radius 3 is 2.54 bits per heavy atom. The first kappa shape index (κ1) is 25.2. The lowest BCUT2D eigenvalue weighted by Gasteiger charge is -2.26. The van der Waals surface area contributed by atoms with Crippen molar-refractivity contribution in [3.8, 4) is 17.1 Å². The van der Waals surface area contributed by atoms with Crippen molar-refractivity contribution in [2.45, 2.75) is 13.0 Å². The van der Waals surface area contributed by atoms with E-state index in [9.17, 15) is 4.79 Å². The van der Waals surface area contributed by atoms with Crippen molar-refractivity contribution in [1.29, 1.82) is 0 Å². The van der Waals surface area contributed by atoms with Gasteiger partial charge in [0.25, 0.3) is 11.8 Å². The van der Waals surface area contributed by atoms with Crippen LogP contribution in [0.15, 0.2) is 48.7 Å². The number of hydrogen-bond acceptors (Lipinski definition) is 7. The summed E-state index contributed by atoms with van der Waals surface area (Å²) in [6, 6.07) is 12.4. The van der Waals surface area contributed by atoms with Crippen LogP contribution in [0.5, 0.6) is 5.88 Å². The average Bonchev–Trinajstić information content (AvgIpc) is 2.86. The maximum atomic E-state index is 12.5. The molecular formula is C25H27Cl2N5O3. The molecule has 0 saturated carbocycles. The van der Waals surface area contributed by atoms with E-state index in [2.05, 4.69) is 20.2 Å². The number of ether oxygens (including phenoxy) is 2. The number of halogens is 2. The molecule has 1 amide bonds. The van der Waals surface area contributed by atoms with Gasteiger partial charge in [0, 0.05) is 52.9 Å². The summed E-state index contributed by atoms with van der Waals surface area (Å²) < 4.78 is 11.3. The second kappa shape index (κ2) is 11.7. The highest BCUT2D eigenvalue weighted by Gasteiger charge is 2.18. The number of nitrogens with zero attached hydrogens (tertiary/aromatic N) is 3. The Bertz CT molecular complexity index is 1150. The molecule has 2 aromatic carbocycles. The molecule has 0 radical (unpaired) electrons. The van der Waals surface area contributed by atoms with Crippen molar-refractivity contribution in [2.24, 2.45) is 0 Å². The Balaban J connectivity index is 1.41. The van der Waals surface area contributed by atoms with Crippen LogP contribution in [-0.2, 0) is 4.74 Å². The van der Waals surface area contributed by atoms with Crippen LogP contribution < -0.4 is 15.8 Å². The number of aromatic nitrogens is 2. The number of amides is 1. The molecule has 0 aliphatic carbocycles. The van der Waals surface area contributed by atoms with Crippen molar-refractivity contribution in [3.05, 3.63) is 69.8 Å². The smallest absolute Gasteiger partial charge is 0.258 e. The van der Waals surface area contributed by atoms with E-state index in [-0.39, 0.29) is 17.6 Å². The summed E-state index contributed by atoms with van der Waals surface area (Å²) in [4.78, 5) is 23.5. The first-order chi connectivity index (χ1) is 16.9. The Morgan fingerprint density at radius 2 is 1.86 bits per heavy atom. The molecule has 1 unspecified atom stereocenters. The summed E-state index contributed by atoms with van der Waals surface area (Å²) >= 11 is 12.6. The molecule has 35 heavy (non-hydrogen) atoms. The highest BCUT2D eigenvalue weighted by Crippen LogP contribution is 2.34. The first-order valence-electron chi connectivity index (χ1n) is 11.3. The van der Waals surface area contributed by atoms with Crippen molar-refractivity contribution in [2.75, 3.05) is 45.1 Å². The van der Waals surface area contributed by atoms with Crippen molar-refractivity contribution in [3.63, 3.8) is 0 Å². The fourth-order valence-electron chi connectivity index (χ4n) is 3.78. The van der Waals surface area contributed by atoms with Crippen LogP contribution in [0.2, 0.25) is 10.0 Å². The number of anilines is 1. The minimum atomic E-state index is -0.494. The SMILES string of the molecule is CC(Oc1nc(-c2ccc(C(=O)NCCN3CCOCC3)cc2)cnc1N)c1c(Cl)cccc1Cl. The van der Waals surface area contributed by atoms with Gasteiger partial charge in [-0.2, -0.15) is 0 Å². The fraction of sp³-hybridized carbons (Fsp3) is 0.320. The van der Waals surface area contributed by atoms with Crippen LogP contribution in [0.25, 0.3) is 11.3 Å². The normalized spacial score (nSPS) is 14.9. The molecule has 1 aliphatic heterocycles. The molecule has 1 aliphatic rings. The lowest BCUT2D eigenvalue weighted by Crippen LogP contribution is -2.41. The van der Waals surface area contributed by atoms with E-state index in [0.29, 0.717) is 33.4 Å². The topological polar surface area (TPSA) is 103 Å². The van der Waals surface area contributed by atoms with E-state index >= 15 is 0 Å². The van der Waals surface area contributed by atoms with Gasteiger partial charge in [0.15, 0.2) is 5.82 Å². The van der Waals surface area contributed by atoms with Crippen LogP contribution in [0.3, 0.4) is 0 Å². The molecule has 1 fully saturated rings. The van der Waals surface area contributed by atoms with E-state index in [0.717, 1.165) is 38.4 Å². The highest BCUT2D eigenvalue weighted by molar-refractivity contribution is 6.36. The van der Waals surface area contributed by atoms with Gasteiger partial charge in [-0.25, -0.2) is 9.97 Å². The molecule has 2 heterocycles. The van der Waals surface area contributed by atoms with E-state index in [1.54, 1.807) is 36.5 Å². The Hall–Kier alpha value is -2.91. The number of carbonyl (C=O) groups excluding carboxylic acids is 1. The van der Waals surface area contributed by atoms with Gasteiger partial charge in [0.05, 0.1) is 25.1 Å². The third-order valence-corrected chi connectivity index (χ3v) is 6.38. The monoisotopic (exact) mass is 515 g/mol.